The molecule has 0 unspecified atom stereocenters. The van der Waals surface area contributed by atoms with E-state index >= 15 is 0 Å². The van der Waals surface area contributed by atoms with Crippen LogP contribution in [0.3, 0.4) is 0 Å². The molecule has 1 nitrogen and oxygen atoms in total. The van der Waals surface area contributed by atoms with E-state index in [1.165, 1.54) is 0 Å². The Kier molecular flexibility index (Phi) is 3.48. The Labute approximate surface area is 77.3 Å². The van der Waals surface area contributed by atoms with Crippen molar-refractivity contribution in [3.05, 3.63) is 0 Å². The molecule has 0 aliphatic carbocycles. The first-order valence-electron chi connectivity index (χ1n) is 3.76. The van der Waals surface area contributed by atoms with Crippen LogP contribution >= 0.6 is 0 Å². The molecule has 0 aromatic heterocycles. The lowest BCUT2D eigenvalue weighted by Crippen LogP contribution is -2.45. The quantitative estimate of drug-likeness (QED) is 0.715. The van der Waals surface area contributed by atoms with Gasteiger partial charge in [0.1, 0.15) is 0 Å². The number of nitrogens with two attached hydrogens (primary N) is 1. The van der Waals surface area contributed by atoms with Crippen molar-refractivity contribution in [2.24, 2.45) is 11.7 Å². The van der Waals surface area contributed by atoms with Crippen LogP contribution in [0.5, 0.6) is 0 Å². The van der Waals surface area contributed by atoms with Crippen LogP contribution in [0.4, 0.5) is 26.3 Å². The lowest BCUT2D eigenvalue weighted by molar-refractivity contribution is -0.288. The predicted molar refractivity (Wildman–Crippen MR) is 38.5 cm³/mol. The Morgan fingerprint density at radius 2 is 1.21 bits per heavy atom. The summed E-state index contributed by atoms with van der Waals surface area (Å²) in [6.07, 6.45) is -11.8. The summed E-state index contributed by atoms with van der Waals surface area (Å²) in [6.45, 7) is 2.24. The molecule has 14 heavy (non-hydrogen) atoms. The molecule has 0 heterocycles. The third kappa shape index (κ3) is 4.69. The van der Waals surface area contributed by atoms with E-state index in [9.17, 15) is 26.3 Å². The average molecular weight is 223 g/mol. The van der Waals surface area contributed by atoms with Crippen LogP contribution in [0.25, 0.3) is 0 Å². The first-order chi connectivity index (χ1) is 5.84. The molecule has 0 rings (SSSR count). The van der Waals surface area contributed by atoms with Crippen LogP contribution in [-0.4, -0.2) is 17.9 Å². The summed E-state index contributed by atoms with van der Waals surface area (Å²) in [6, 6.07) is 0. The van der Waals surface area contributed by atoms with Gasteiger partial charge in [-0.1, -0.05) is 0 Å². The normalized spacial score (nSPS) is 15.0. The fourth-order valence-electron chi connectivity index (χ4n) is 0.943. The second kappa shape index (κ2) is 3.60. The van der Waals surface area contributed by atoms with Gasteiger partial charge in [-0.3, -0.25) is 0 Å². The Hall–Kier alpha value is -0.460. The van der Waals surface area contributed by atoms with Gasteiger partial charge in [0.25, 0.3) is 0 Å². The minimum Gasteiger partial charge on any atom is -0.326 e. The topological polar surface area (TPSA) is 26.0 Å². The van der Waals surface area contributed by atoms with E-state index < -0.39 is 30.2 Å². The van der Waals surface area contributed by atoms with Crippen LogP contribution in [0, 0.1) is 5.92 Å². The molecule has 2 N–H and O–H groups in total. The maximum atomic E-state index is 12.0. The molecule has 0 saturated carbocycles. The van der Waals surface area contributed by atoms with Gasteiger partial charge in [0.2, 0.25) is 0 Å². The van der Waals surface area contributed by atoms with E-state index in [-0.39, 0.29) is 0 Å². The van der Waals surface area contributed by atoms with Gasteiger partial charge in [-0.25, -0.2) is 0 Å². The minimum absolute atomic E-state index is 1.12. The largest absolute Gasteiger partial charge is 0.400 e. The molecule has 0 aliphatic rings. The van der Waals surface area contributed by atoms with Gasteiger partial charge in [0.15, 0.2) is 5.92 Å². The van der Waals surface area contributed by atoms with Crippen LogP contribution < -0.4 is 5.73 Å². The first kappa shape index (κ1) is 13.5. The second-order valence-corrected chi connectivity index (χ2v) is 3.83. The summed E-state index contributed by atoms with van der Waals surface area (Å²) in [5, 5.41) is 0. The number of alkyl halides is 6. The highest BCUT2D eigenvalue weighted by atomic mass is 19.4. The third-order valence-corrected chi connectivity index (χ3v) is 1.52. The summed E-state index contributed by atoms with van der Waals surface area (Å²) < 4.78 is 71.8. The van der Waals surface area contributed by atoms with Gasteiger partial charge in [-0.15, -0.1) is 0 Å². The smallest absolute Gasteiger partial charge is 0.326 e. The van der Waals surface area contributed by atoms with Gasteiger partial charge < -0.3 is 5.73 Å². The molecule has 0 atom stereocenters. The predicted octanol–water partition coefficient (Wildman–Crippen LogP) is 2.85. The van der Waals surface area contributed by atoms with Crippen molar-refractivity contribution in [2.75, 3.05) is 0 Å². The number of rotatable bonds is 2. The highest BCUT2D eigenvalue weighted by molar-refractivity contribution is 4.84. The standard InChI is InChI=1S/C7H11F6N/c1-5(2,14)3-4(6(8,9)10)7(11,12)13/h4H,3,14H2,1-2H3. The first-order valence-corrected chi connectivity index (χ1v) is 3.76. The van der Waals surface area contributed by atoms with Crippen molar-refractivity contribution in [1.29, 1.82) is 0 Å². The van der Waals surface area contributed by atoms with Crippen molar-refractivity contribution >= 4 is 0 Å². The Balaban J connectivity index is 4.78. The second-order valence-electron chi connectivity index (χ2n) is 3.83. The fraction of sp³-hybridized carbons (Fsp3) is 1.00. The molecule has 86 valence electrons. The Morgan fingerprint density at radius 3 is 1.29 bits per heavy atom. The maximum absolute atomic E-state index is 12.0. The van der Waals surface area contributed by atoms with Crippen LogP contribution in [0.2, 0.25) is 0 Å². The SMILES string of the molecule is CC(C)(N)CC(C(F)(F)F)C(F)(F)F. The zero-order chi connectivity index (χ0) is 11.8. The fourth-order valence-corrected chi connectivity index (χ4v) is 0.943. The number of hydrogen-bond acceptors (Lipinski definition) is 1. The van der Waals surface area contributed by atoms with Crippen LogP contribution in [-0.2, 0) is 0 Å². The molecule has 0 spiro atoms. The molecule has 7 heteroatoms. The summed E-state index contributed by atoms with van der Waals surface area (Å²) >= 11 is 0. The summed E-state index contributed by atoms with van der Waals surface area (Å²) in [4.78, 5) is 0. The molecular formula is C7H11F6N. The summed E-state index contributed by atoms with van der Waals surface area (Å²) in [5.41, 5.74) is 3.63. The lowest BCUT2D eigenvalue weighted by Gasteiger charge is -2.29. The Morgan fingerprint density at radius 1 is 0.929 bits per heavy atom. The van der Waals surface area contributed by atoms with E-state index in [0.717, 1.165) is 13.8 Å². The van der Waals surface area contributed by atoms with E-state index in [1.54, 1.807) is 0 Å². The highest BCUT2D eigenvalue weighted by Gasteiger charge is 2.57. The van der Waals surface area contributed by atoms with Crippen molar-refractivity contribution in [2.45, 2.75) is 38.2 Å². The van der Waals surface area contributed by atoms with Gasteiger partial charge in [0, 0.05) is 5.54 Å². The third-order valence-electron chi connectivity index (χ3n) is 1.52. The molecular weight excluding hydrogens is 212 g/mol. The number of halogens is 6. The molecule has 0 fully saturated rings. The van der Waals surface area contributed by atoms with Gasteiger partial charge in [-0.2, -0.15) is 26.3 Å². The molecule has 0 aliphatic heterocycles. The minimum atomic E-state index is -5.30. The van der Waals surface area contributed by atoms with Crippen molar-refractivity contribution in [1.82, 2.24) is 0 Å². The molecule has 0 aromatic rings. The van der Waals surface area contributed by atoms with E-state index in [1.807, 2.05) is 0 Å². The zero-order valence-corrected chi connectivity index (χ0v) is 7.63. The molecule has 0 saturated heterocycles. The van der Waals surface area contributed by atoms with Crippen molar-refractivity contribution in [3.8, 4) is 0 Å². The average Bonchev–Trinajstić information content (AvgIpc) is 1.75. The van der Waals surface area contributed by atoms with Crippen molar-refractivity contribution < 1.29 is 26.3 Å². The maximum Gasteiger partial charge on any atom is 0.400 e. The molecule has 0 aromatic carbocycles. The van der Waals surface area contributed by atoms with Gasteiger partial charge in [-0.05, 0) is 20.3 Å². The van der Waals surface area contributed by atoms with Crippen LogP contribution in [0.15, 0.2) is 0 Å². The zero-order valence-electron chi connectivity index (χ0n) is 7.63. The van der Waals surface area contributed by atoms with Gasteiger partial charge in [0.05, 0.1) is 0 Å². The summed E-state index contributed by atoms with van der Waals surface area (Å²) in [7, 11) is 0. The lowest BCUT2D eigenvalue weighted by atomic mass is 9.90. The monoisotopic (exact) mass is 223 g/mol. The van der Waals surface area contributed by atoms with E-state index in [4.69, 9.17) is 5.73 Å². The van der Waals surface area contributed by atoms with Crippen LogP contribution in [0.1, 0.15) is 20.3 Å². The van der Waals surface area contributed by atoms with E-state index in [2.05, 4.69) is 0 Å². The summed E-state index contributed by atoms with van der Waals surface area (Å²) in [5.74, 6) is -3.35. The van der Waals surface area contributed by atoms with Crippen molar-refractivity contribution in [3.63, 3.8) is 0 Å². The molecule has 0 amide bonds. The number of hydrogen-bond donors (Lipinski definition) is 1. The highest BCUT2D eigenvalue weighted by Crippen LogP contribution is 2.42. The molecule has 0 bridgehead atoms. The van der Waals surface area contributed by atoms with Gasteiger partial charge >= 0.3 is 12.4 Å². The molecule has 0 radical (unpaired) electrons. The van der Waals surface area contributed by atoms with E-state index in [0.29, 0.717) is 0 Å². The Bertz CT molecular complexity index is 172.